The lowest BCUT2D eigenvalue weighted by Crippen LogP contribution is -2.25. The van der Waals surface area contributed by atoms with Gasteiger partial charge in [0.1, 0.15) is 0 Å². The van der Waals surface area contributed by atoms with Crippen molar-refractivity contribution in [2.24, 2.45) is 5.92 Å². The second-order valence-electron chi connectivity index (χ2n) is 5.49. The molecular weight excluding hydrogens is 302 g/mol. The van der Waals surface area contributed by atoms with E-state index < -0.39 is 0 Å². The van der Waals surface area contributed by atoms with Gasteiger partial charge in [-0.3, -0.25) is 4.79 Å². The molecule has 2 nitrogen and oxygen atoms in total. The Morgan fingerprint density at radius 1 is 1.37 bits per heavy atom. The maximum Gasteiger partial charge on any atom is 0.252 e. The van der Waals surface area contributed by atoms with Crippen molar-refractivity contribution in [2.45, 2.75) is 45.4 Å². The normalized spacial score (nSPS) is 15.7. The third kappa shape index (κ3) is 4.07. The van der Waals surface area contributed by atoms with Gasteiger partial charge in [-0.1, -0.05) is 37.8 Å². The molecule has 0 atom stereocenters. The van der Waals surface area contributed by atoms with E-state index in [0.717, 1.165) is 34.5 Å². The zero-order valence-corrected chi connectivity index (χ0v) is 13.1. The SMILES string of the molecule is Cc1cccc(C(=O)NCCCC2CCCC2)c1Br. The van der Waals surface area contributed by atoms with Crippen LogP contribution in [0.5, 0.6) is 0 Å². The van der Waals surface area contributed by atoms with Crippen LogP contribution in [0.4, 0.5) is 0 Å². The highest BCUT2D eigenvalue weighted by Gasteiger charge is 2.15. The van der Waals surface area contributed by atoms with Crippen molar-refractivity contribution < 1.29 is 4.79 Å². The molecule has 1 saturated carbocycles. The van der Waals surface area contributed by atoms with Crippen LogP contribution in [0.3, 0.4) is 0 Å². The van der Waals surface area contributed by atoms with Crippen molar-refractivity contribution >= 4 is 21.8 Å². The van der Waals surface area contributed by atoms with Gasteiger partial charge in [0.05, 0.1) is 5.56 Å². The molecular formula is C16H22BrNO. The molecule has 2 rings (SSSR count). The van der Waals surface area contributed by atoms with Gasteiger partial charge in [-0.2, -0.15) is 0 Å². The minimum Gasteiger partial charge on any atom is -0.352 e. The molecule has 0 aromatic heterocycles. The number of amides is 1. The summed E-state index contributed by atoms with van der Waals surface area (Å²) in [6.45, 7) is 2.79. The molecule has 0 radical (unpaired) electrons. The summed E-state index contributed by atoms with van der Waals surface area (Å²) in [6.07, 6.45) is 7.92. The molecule has 1 aliphatic carbocycles. The first-order valence-corrected chi connectivity index (χ1v) is 8.01. The summed E-state index contributed by atoms with van der Waals surface area (Å²) in [5.74, 6) is 0.935. The first-order valence-electron chi connectivity index (χ1n) is 7.22. The smallest absolute Gasteiger partial charge is 0.252 e. The summed E-state index contributed by atoms with van der Waals surface area (Å²) < 4.78 is 0.906. The summed E-state index contributed by atoms with van der Waals surface area (Å²) in [5, 5.41) is 3.02. The van der Waals surface area contributed by atoms with Gasteiger partial charge in [-0.15, -0.1) is 0 Å². The van der Waals surface area contributed by atoms with Crippen molar-refractivity contribution in [1.29, 1.82) is 0 Å². The number of carbonyl (C=O) groups excluding carboxylic acids is 1. The quantitative estimate of drug-likeness (QED) is 0.796. The molecule has 1 aromatic rings. The van der Waals surface area contributed by atoms with Crippen LogP contribution >= 0.6 is 15.9 Å². The summed E-state index contributed by atoms with van der Waals surface area (Å²) in [5.41, 5.74) is 1.83. The van der Waals surface area contributed by atoms with Crippen LogP contribution in [0, 0.1) is 12.8 Å². The lowest BCUT2D eigenvalue weighted by Gasteiger charge is -2.10. The van der Waals surface area contributed by atoms with Crippen LogP contribution in [-0.4, -0.2) is 12.5 Å². The molecule has 0 spiro atoms. The van der Waals surface area contributed by atoms with Crippen LogP contribution < -0.4 is 5.32 Å². The van der Waals surface area contributed by atoms with E-state index in [1.165, 1.54) is 32.1 Å². The van der Waals surface area contributed by atoms with Crippen LogP contribution in [0.1, 0.15) is 54.4 Å². The Balaban J connectivity index is 1.76. The van der Waals surface area contributed by atoms with Crippen molar-refractivity contribution in [1.82, 2.24) is 5.32 Å². The fraction of sp³-hybridized carbons (Fsp3) is 0.562. The third-order valence-corrected chi connectivity index (χ3v) is 5.04. The molecule has 104 valence electrons. The molecule has 3 heteroatoms. The monoisotopic (exact) mass is 323 g/mol. The average Bonchev–Trinajstić information content (AvgIpc) is 2.91. The van der Waals surface area contributed by atoms with E-state index in [2.05, 4.69) is 21.2 Å². The maximum absolute atomic E-state index is 12.1. The van der Waals surface area contributed by atoms with Gasteiger partial charge in [0.15, 0.2) is 0 Å². The standard InChI is InChI=1S/C16H22BrNO/c1-12-6-4-10-14(15(12)17)16(19)18-11-5-9-13-7-2-3-8-13/h4,6,10,13H,2-3,5,7-9,11H2,1H3,(H,18,19). The molecule has 19 heavy (non-hydrogen) atoms. The second-order valence-corrected chi connectivity index (χ2v) is 6.28. The number of nitrogens with one attached hydrogen (secondary N) is 1. The number of halogens is 1. The molecule has 1 N–H and O–H groups in total. The molecule has 0 unspecified atom stereocenters. The van der Waals surface area contributed by atoms with Crippen molar-refractivity contribution in [3.05, 3.63) is 33.8 Å². The van der Waals surface area contributed by atoms with Crippen LogP contribution in [0.25, 0.3) is 0 Å². The Labute approximate surface area is 124 Å². The number of hydrogen-bond donors (Lipinski definition) is 1. The topological polar surface area (TPSA) is 29.1 Å². The Morgan fingerprint density at radius 2 is 2.11 bits per heavy atom. The number of aryl methyl sites for hydroxylation is 1. The first kappa shape index (κ1) is 14.6. The number of benzene rings is 1. The van der Waals surface area contributed by atoms with Crippen molar-refractivity contribution in [3.8, 4) is 0 Å². The molecule has 1 amide bonds. The Kier molecular flexibility index (Phi) is 5.44. The lowest BCUT2D eigenvalue weighted by atomic mass is 10.0. The van der Waals surface area contributed by atoms with E-state index in [0.29, 0.717) is 0 Å². The highest BCUT2D eigenvalue weighted by molar-refractivity contribution is 9.10. The molecule has 0 saturated heterocycles. The molecule has 1 aliphatic rings. The zero-order chi connectivity index (χ0) is 13.7. The Bertz CT molecular complexity index is 438. The van der Waals surface area contributed by atoms with E-state index in [1.807, 2.05) is 25.1 Å². The fourth-order valence-corrected chi connectivity index (χ4v) is 3.25. The van der Waals surface area contributed by atoms with E-state index in [9.17, 15) is 4.79 Å². The molecule has 1 fully saturated rings. The predicted octanol–water partition coefficient (Wildman–Crippen LogP) is 4.46. The van der Waals surface area contributed by atoms with Gasteiger partial charge >= 0.3 is 0 Å². The van der Waals surface area contributed by atoms with Crippen LogP contribution in [0.2, 0.25) is 0 Å². The number of rotatable bonds is 5. The summed E-state index contributed by atoms with van der Waals surface area (Å²) in [7, 11) is 0. The molecule has 0 heterocycles. The average molecular weight is 324 g/mol. The van der Waals surface area contributed by atoms with Gasteiger partial charge in [-0.25, -0.2) is 0 Å². The lowest BCUT2D eigenvalue weighted by molar-refractivity contribution is 0.0951. The highest BCUT2D eigenvalue weighted by atomic mass is 79.9. The predicted molar refractivity (Wildman–Crippen MR) is 82.4 cm³/mol. The van der Waals surface area contributed by atoms with Crippen LogP contribution in [0.15, 0.2) is 22.7 Å². The number of carbonyl (C=O) groups is 1. The Morgan fingerprint density at radius 3 is 2.84 bits per heavy atom. The Hall–Kier alpha value is -0.830. The zero-order valence-electron chi connectivity index (χ0n) is 11.5. The summed E-state index contributed by atoms with van der Waals surface area (Å²) >= 11 is 3.48. The van der Waals surface area contributed by atoms with E-state index >= 15 is 0 Å². The minimum atomic E-state index is 0.0296. The van der Waals surface area contributed by atoms with E-state index in [4.69, 9.17) is 0 Å². The fourth-order valence-electron chi connectivity index (χ4n) is 2.81. The molecule has 1 aromatic carbocycles. The number of hydrogen-bond acceptors (Lipinski definition) is 1. The summed E-state index contributed by atoms with van der Waals surface area (Å²) in [6, 6.07) is 5.79. The summed E-state index contributed by atoms with van der Waals surface area (Å²) in [4.78, 5) is 12.1. The van der Waals surface area contributed by atoms with E-state index in [-0.39, 0.29) is 5.91 Å². The molecule has 0 bridgehead atoms. The minimum absolute atomic E-state index is 0.0296. The van der Waals surface area contributed by atoms with Crippen LogP contribution in [-0.2, 0) is 0 Å². The van der Waals surface area contributed by atoms with Gasteiger partial charge in [0.25, 0.3) is 5.91 Å². The van der Waals surface area contributed by atoms with Gasteiger partial charge < -0.3 is 5.32 Å². The van der Waals surface area contributed by atoms with Crippen molar-refractivity contribution in [2.75, 3.05) is 6.54 Å². The van der Waals surface area contributed by atoms with Gasteiger partial charge in [-0.05, 0) is 53.2 Å². The van der Waals surface area contributed by atoms with E-state index in [1.54, 1.807) is 0 Å². The van der Waals surface area contributed by atoms with Gasteiger partial charge in [0, 0.05) is 11.0 Å². The highest BCUT2D eigenvalue weighted by Crippen LogP contribution is 2.28. The first-order chi connectivity index (χ1) is 9.18. The molecule has 0 aliphatic heterocycles. The maximum atomic E-state index is 12.1. The second kappa shape index (κ2) is 7.09. The van der Waals surface area contributed by atoms with Gasteiger partial charge in [0.2, 0.25) is 0 Å². The van der Waals surface area contributed by atoms with Crippen molar-refractivity contribution in [3.63, 3.8) is 0 Å². The largest absolute Gasteiger partial charge is 0.352 e. The third-order valence-electron chi connectivity index (χ3n) is 3.99.